The second-order valence-corrected chi connectivity index (χ2v) is 7.60. The van der Waals surface area contributed by atoms with Crippen LogP contribution in [0.1, 0.15) is 39.2 Å². The second kappa shape index (κ2) is 9.03. The number of benzene rings is 1. The van der Waals surface area contributed by atoms with Gasteiger partial charge in [0.25, 0.3) is 0 Å². The Balaban J connectivity index is 1.90. The number of hydrogen-bond acceptors (Lipinski definition) is 5. The highest BCUT2D eigenvalue weighted by molar-refractivity contribution is 5.71. The van der Waals surface area contributed by atoms with Crippen molar-refractivity contribution in [1.82, 2.24) is 4.90 Å². The molecule has 0 radical (unpaired) electrons. The number of esters is 1. The Labute approximate surface area is 155 Å². The van der Waals surface area contributed by atoms with Crippen molar-refractivity contribution >= 4 is 12.1 Å². The van der Waals surface area contributed by atoms with Gasteiger partial charge < -0.3 is 19.1 Å². The first-order valence-electron chi connectivity index (χ1n) is 8.99. The first kappa shape index (κ1) is 20.2. The summed E-state index contributed by atoms with van der Waals surface area (Å²) in [6, 6.07) is 9.56. The van der Waals surface area contributed by atoms with Gasteiger partial charge >= 0.3 is 12.1 Å². The molecule has 0 spiro atoms. The van der Waals surface area contributed by atoms with E-state index in [4.69, 9.17) is 14.2 Å². The molecule has 0 N–H and O–H groups in total. The minimum Gasteiger partial charge on any atom is -0.460 e. The molecular formula is C20H29NO5. The van der Waals surface area contributed by atoms with Gasteiger partial charge in [0.2, 0.25) is 0 Å². The van der Waals surface area contributed by atoms with Crippen molar-refractivity contribution in [1.29, 1.82) is 0 Å². The molecule has 2 atom stereocenters. The SMILES string of the molecule is CO[C@H]1CCN(C(=O)OCc2ccccc2)C[C@@H]1CC(=O)OC(C)(C)C. The molecule has 6 heteroatoms. The molecule has 0 aromatic heterocycles. The first-order chi connectivity index (χ1) is 12.3. The molecule has 144 valence electrons. The topological polar surface area (TPSA) is 65.1 Å². The number of carbonyl (C=O) groups excluding carboxylic acids is 2. The first-order valence-corrected chi connectivity index (χ1v) is 8.99. The molecule has 0 aliphatic carbocycles. The van der Waals surface area contributed by atoms with E-state index in [0.717, 1.165) is 5.56 Å². The van der Waals surface area contributed by atoms with Crippen molar-refractivity contribution in [2.45, 2.75) is 51.9 Å². The monoisotopic (exact) mass is 363 g/mol. The predicted octanol–water partition coefficient (Wildman–Crippen LogP) is 3.39. The highest BCUT2D eigenvalue weighted by Gasteiger charge is 2.34. The number of ether oxygens (including phenoxy) is 3. The van der Waals surface area contributed by atoms with Gasteiger partial charge in [-0.1, -0.05) is 30.3 Å². The molecule has 0 bridgehead atoms. The summed E-state index contributed by atoms with van der Waals surface area (Å²) in [6.07, 6.45) is 0.459. The van der Waals surface area contributed by atoms with Gasteiger partial charge in [-0.3, -0.25) is 4.79 Å². The van der Waals surface area contributed by atoms with Crippen molar-refractivity contribution < 1.29 is 23.8 Å². The lowest BCUT2D eigenvalue weighted by molar-refractivity contribution is -0.158. The largest absolute Gasteiger partial charge is 0.460 e. The maximum Gasteiger partial charge on any atom is 0.410 e. The van der Waals surface area contributed by atoms with Gasteiger partial charge in [0.15, 0.2) is 0 Å². The van der Waals surface area contributed by atoms with Gasteiger partial charge in [0.1, 0.15) is 12.2 Å². The van der Waals surface area contributed by atoms with Crippen LogP contribution in [-0.2, 0) is 25.6 Å². The maximum absolute atomic E-state index is 12.4. The molecule has 26 heavy (non-hydrogen) atoms. The molecule has 1 aliphatic heterocycles. The van der Waals surface area contributed by atoms with Gasteiger partial charge in [0, 0.05) is 26.1 Å². The van der Waals surface area contributed by atoms with E-state index in [-0.39, 0.29) is 37.1 Å². The van der Waals surface area contributed by atoms with Crippen LogP contribution in [-0.4, -0.2) is 48.9 Å². The number of nitrogens with zero attached hydrogens (tertiary/aromatic N) is 1. The molecule has 6 nitrogen and oxygen atoms in total. The lowest BCUT2D eigenvalue weighted by atomic mass is 9.91. The Morgan fingerprint density at radius 1 is 1.19 bits per heavy atom. The summed E-state index contributed by atoms with van der Waals surface area (Å²) < 4.78 is 16.3. The summed E-state index contributed by atoms with van der Waals surface area (Å²) >= 11 is 0. The fourth-order valence-electron chi connectivity index (χ4n) is 3.09. The summed E-state index contributed by atoms with van der Waals surface area (Å²) in [6.45, 7) is 6.73. The third-order valence-electron chi connectivity index (χ3n) is 4.28. The minimum absolute atomic E-state index is 0.0688. The van der Waals surface area contributed by atoms with Crippen LogP contribution in [0.4, 0.5) is 4.79 Å². The van der Waals surface area contributed by atoms with Crippen LogP contribution in [0.3, 0.4) is 0 Å². The van der Waals surface area contributed by atoms with E-state index >= 15 is 0 Å². The standard InChI is InChI=1S/C20H29NO5/c1-20(2,3)26-18(22)12-16-13-21(11-10-17(16)24-4)19(23)25-14-15-8-6-5-7-9-15/h5-9,16-17H,10-14H2,1-4H3/t16-,17-/m0/s1. The van der Waals surface area contributed by atoms with Crippen LogP contribution in [0.2, 0.25) is 0 Å². The Hall–Kier alpha value is -2.08. The molecule has 2 rings (SSSR count). The van der Waals surface area contributed by atoms with Gasteiger partial charge in [-0.25, -0.2) is 4.79 Å². The molecule has 0 saturated carbocycles. The van der Waals surface area contributed by atoms with Crippen molar-refractivity contribution in [3.8, 4) is 0 Å². The smallest absolute Gasteiger partial charge is 0.410 e. The Bertz CT molecular complexity index is 596. The molecule has 1 amide bonds. The number of likely N-dealkylation sites (tertiary alicyclic amines) is 1. The molecule has 0 unspecified atom stereocenters. The minimum atomic E-state index is -0.525. The van der Waals surface area contributed by atoms with E-state index in [1.165, 1.54) is 0 Å². The van der Waals surface area contributed by atoms with Crippen molar-refractivity contribution in [2.24, 2.45) is 5.92 Å². The highest BCUT2D eigenvalue weighted by atomic mass is 16.6. The highest BCUT2D eigenvalue weighted by Crippen LogP contribution is 2.25. The predicted molar refractivity (Wildman–Crippen MR) is 97.6 cm³/mol. The molecule has 1 fully saturated rings. The van der Waals surface area contributed by atoms with Crippen LogP contribution in [0.25, 0.3) is 0 Å². The summed E-state index contributed by atoms with van der Waals surface area (Å²) in [5.41, 5.74) is 0.417. The lowest BCUT2D eigenvalue weighted by Crippen LogP contribution is -2.47. The number of amides is 1. The van der Waals surface area contributed by atoms with Crippen molar-refractivity contribution in [3.63, 3.8) is 0 Å². The summed E-state index contributed by atoms with van der Waals surface area (Å²) in [4.78, 5) is 26.2. The maximum atomic E-state index is 12.4. The summed E-state index contributed by atoms with van der Waals surface area (Å²) in [7, 11) is 1.64. The summed E-state index contributed by atoms with van der Waals surface area (Å²) in [5, 5.41) is 0. The molecule has 1 aromatic carbocycles. The van der Waals surface area contributed by atoms with E-state index in [1.807, 2.05) is 51.1 Å². The zero-order valence-electron chi connectivity index (χ0n) is 16.1. The third-order valence-corrected chi connectivity index (χ3v) is 4.28. The number of carbonyl (C=O) groups is 2. The molecular weight excluding hydrogens is 334 g/mol. The summed E-state index contributed by atoms with van der Waals surface area (Å²) in [5.74, 6) is -0.378. The van der Waals surface area contributed by atoms with E-state index < -0.39 is 5.60 Å². The molecule has 1 saturated heterocycles. The van der Waals surface area contributed by atoms with Gasteiger partial charge in [0.05, 0.1) is 12.5 Å². The van der Waals surface area contributed by atoms with E-state index in [2.05, 4.69) is 0 Å². The number of methoxy groups -OCH3 is 1. The molecule has 1 aliphatic rings. The van der Waals surface area contributed by atoms with Gasteiger partial charge in [-0.15, -0.1) is 0 Å². The second-order valence-electron chi connectivity index (χ2n) is 7.60. The van der Waals surface area contributed by atoms with Crippen molar-refractivity contribution in [2.75, 3.05) is 20.2 Å². The van der Waals surface area contributed by atoms with E-state index in [9.17, 15) is 9.59 Å². The van der Waals surface area contributed by atoms with Crippen LogP contribution >= 0.6 is 0 Å². The quantitative estimate of drug-likeness (QED) is 0.750. The van der Waals surface area contributed by atoms with Crippen LogP contribution < -0.4 is 0 Å². The van der Waals surface area contributed by atoms with Crippen LogP contribution in [0, 0.1) is 5.92 Å². The van der Waals surface area contributed by atoms with Gasteiger partial charge in [-0.05, 0) is 32.8 Å². The Morgan fingerprint density at radius 2 is 1.88 bits per heavy atom. The fraction of sp³-hybridized carbons (Fsp3) is 0.600. The Morgan fingerprint density at radius 3 is 2.50 bits per heavy atom. The zero-order chi connectivity index (χ0) is 19.2. The average Bonchev–Trinajstić information content (AvgIpc) is 2.58. The third kappa shape index (κ3) is 6.33. The number of piperidine rings is 1. The Kier molecular flexibility index (Phi) is 7.03. The van der Waals surface area contributed by atoms with E-state index in [0.29, 0.717) is 19.5 Å². The van der Waals surface area contributed by atoms with Crippen LogP contribution in [0.5, 0.6) is 0 Å². The zero-order valence-corrected chi connectivity index (χ0v) is 16.1. The fourth-order valence-corrected chi connectivity index (χ4v) is 3.09. The number of rotatable bonds is 5. The number of hydrogen-bond donors (Lipinski definition) is 0. The normalized spacial score (nSPS) is 20.5. The lowest BCUT2D eigenvalue weighted by Gasteiger charge is -2.37. The van der Waals surface area contributed by atoms with Crippen LogP contribution in [0.15, 0.2) is 30.3 Å². The molecule has 1 heterocycles. The molecule has 1 aromatic rings. The van der Waals surface area contributed by atoms with Gasteiger partial charge in [-0.2, -0.15) is 0 Å². The average molecular weight is 363 g/mol. The van der Waals surface area contributed by atoms with Crippen molar-refractivity contribution in [3.05, 3.63) is 35.9 Å². The van der Waals surface area contributed by atoms with E-state index in [1.54, 1.807) is 12.0 Å².